The van der Waals surface area contributed by atoms with Gasteiger partial charge in [0.15, 0.2) is 11.0 Å². The standard InChI is InChI=1S/C19H24N6O2S/c1-24(2)10-4-11-25-18(15-6-8-20-9-7-15)22-23-19(25)28-14-17(26)21-13-16-5-3-12-27-16/h3,5-9,12H,4,10-11,13-14H2,1-2H3,(H,21,26). The van der Waals surface area contributed by atoms with Crippen molar-refractivity contribution in [2.24, 2.45) is 0 Å². The minimum atomic E-state index is -0.0743. The van der Waals surface area contributed by atoms with E-state index in [2.05, 4.69) is 44.1 Å². The molecule has 0 saturated heterocycles. The molecule has 0 fully saturated rings. The van der Waals surface area contributed by atoms with Gasteiger partial charge in [-0.15, -0.1) is 10.2 Å². The first-order valence-corrected chi connectivity index (χ1v) is 10.0. The van der Waals surface area contributed by atoms with Gasteiger partial charge in [0, 0.05) is 24.5 Å². The van der Waals surface area contributed by atoms with Gasteiger partial charge in [0.25, 0.3) is 0 Å². The molecule has 9 heteroatoms. The second-order valence-electron chi connectivity index (χ2n) is 6.50. The fraction of sp³-hybridized carbons (Fsp3) is 0.368. The number of pyridine rings is 1. The lowest BCUT2D eigenvalue weighted by atomic mass is 10.2. The highest BCUT2D eigenvalue weighted by Gasteiger charge is 2.15. The molecule has 3 rings (SSSR count). The van der Waals surface area contributed by atoms with Crippen LogP contribution in [0.2, 0.25) is 0 Å². The van der Waals surface area contributed by atoms with Gasteiger partial charge in [0.1, 0.15) is 5.76 Å². The molecule has 3 aromatic rings. The van der Waals surface area contributed by atoms with Crippen LogP contribution in [0, 0.1) is 0 Å². The third-order valence-electron chi connectivity index (χ3n) is 4.01. The van der Waals surface area contributed by atoms with Crippen LogP contribution in [-0.4, -0.2) is 56.9 Å². The van der Waals surface area contributed by atoms with Gasteiger partial charge >= 0.3 is 0 Å². The predicted molar refractivity (Wildman–Crippen MR) is 108 cm³/mol. The average molecular weight is 401 g/mol. The van der Waals surface area contributed by atoms with Crippen LogP contribution >= 0.6 is 11.8 Å². The molecular formula is C19H24N6O2S. The van der Waals surface area contributed by atoms with E-state index in [4.69, 9.17) is 4.42 Å². The number of aromatic nitrogens is 4. The molecule has 148 valence electrons. The third-order valence-corrected chi connectivity index (χ3v) is 4.98. The van der Waals surface area contributed by atoms with Crippen LogP contribution < -0.4 is 5.32 Å². The second-order valence-corrected chi connectivity index (χ2v) is 7.44. The molecule has 3 aromatic heterocycles. The van der Waals surface area contributed by atoms with E-state index in [1.807, 2.05) is 18.2 Å². The molecule has 1 N–H and O–H groups in total. The predicted octanol–water partition coefficient (Wildman–Crippen LogP) is 2.29. The quantitative estimate of drug-likeness (QED) is 0.522. The molecule has 0 aliphatic carbocycles. The van der Waals surface area contributed by atoms with E-state index in [1.54, 1.807) is 24.7 Å². The number of amides is 1. The van der Waals surface area contributed by atoms with Crippen molar-refractivity contribution < 1.29 is 9.21 Å². The van der Waals surface area contributed by atoms with Gasteiger partial charge in [-0.1, -0.05) is 11.8 Å². The Kier molecular flexibility index (Phi) is 7.21. The molecular weight excluding hydrogens is 376 g/mol. The van der Waals surface area contributed by atoms with E-state index in [0.29, 0.717) is 6.54 Å². The Hall–Kier alpha value is -2.65. The second kappa shape index (κ2) is 10.0. The Morgan fingerprint density at radius 2 is 2.07 bits per heavy atom. The minimum absolute atomic E-state index is 0.0743. The zero-order valence-electron chi connectivity index (χ0n) is 16.0. The van der Waals surface area contributed by atoms with Crippen molar-refractivity contribution in [3.05, 3.63) is 48.7 Å². The van der Waals surface area contributed by atoms with E-state index in [0.717, 1.165) is 41.8 Å². The number of furan rings is 1. The summed E-state index contributed by atoms with van der Waals surface area (Å²) in [6, 6.07) is 7.46. The molecule has 0 aliphatic rings. The topological polar surface area (TPSA) is 89.1 Å². The lowest BCUT2D eigenvalue weighted by Gasteiger charge is -2.13. The fourth-order valence-electron chi connectivity index (χ4n) is 2.64. The van der Waals surface area contributed by atoms with Crippen LogP contribution in [0.5, 0.6) is 0 Å². The van der Waals surface area contributed by atoms with Gasteiger partial charge < -0.3 is 19.2 Å². The van der Waals surface area contributed by atoms with Crippen molar-refractivity contribution in [1.29, 1.82) is 0 Å². The highest BCUT2D eigenvalue weighted by molar-refractivity contribution is 7.99. The smallest absolute Gasteiger partial charge is 0.230 e. The summed E-state index contributed by atoms with van der Waals surface area (Å²) in [5.41, 5.74) is 0.960. The summed E-state index contributed by atoms with van der Waals surface area (Å²) in [6.45, 7) is 2.12. The van der Waals surface area contributed by atoms with Crippen LogP contribution in [0.15, 0.2) is 52.5 Å². The number of carbonyl (C=O) groups excluding carboxylic acids is 1. The largest absolute Gasteiger partial charge is 0.467 e. The van der Waals surface area contributed by atoms with Crippen molar-refractivity contribution in [2.75, 3.05) is 26.4 Å². The van der Waals surface area contributed by atoms with Crippen LogP contribution in [0.1, 0.15) is 12.2 Å². The first-order valence-electron chi connectivity index (χ1n) is 9.03. The highest BCUT2D eigenvalue weighted by Crippen LogP contribution is 2.24. The number of carbonyl (C=O) groups is 1. The Bertz CT molecular complexity index is 864. The zero-order chi connectivity index (χ0) is 19.8. The van der Waals surface area contributed by atoms with Crippen LogP contribution in [0.3, 0.4) is 0 Å². The molecule has 0 aromatic carbocycles. The van der Waals surface area contributed by atoms with Crippen molar-refractivity contribution >= 4 is 17.7 Å². The number of hydrogen-bond donors (Lipinski definition) is 1. The van der Waals surface area contributed by atoms with Gasteiger partial charge in [0.05, 0.1) is 18.6 Å². The maximum Gasteiger partial charge on any atom is 0.230 e. The fourth-order valence-corrected chi connectivity index (χ4v) is 3.43. The SMILES string of the molecule is CN(C)CCCn1c(SCC(=O)NCc2ccco2)nnc1-c1ccncc1. The Labute approximate surface area is 168 Å². The van der Waals surface area contributed by atoms with E-state index in [1.165, 1.54) is 11.8 Å². The Balaban J connectivity index is 1.65. The van der Waals surface area contributed by atoms with E-state index in [-0.39, 0.29) is 11.7 Å². The number of thioether (sulfide) groups is 1. The van der Waals surface area contributed by atoms with Gasteiger partial charge in [-0.3, -0.25) is 9.78 Å². The highest BCUT2D eigenvalue weighted by atomic mass is 32.2. The van der Waals surface area contributed by atoms with Crippen LogP contribution in [0.4, 0.5) is 0 Å². The molecule has 1 amide bonds. The summed E-state index contributed by atoms with van der Waals surface area (Å²) < 4.78 is 7.30. The number of nitrogens with one attached hydrogen (secondary N) is 1. The van der Waals surface area contributed by atoms with E-state index in [9.17, 15) is 4.79 Å². The number of rotatable bonds is 10. The zero-order valence-corrected chi connectivity index (χ0v) is 16.9. The number of hydrogen-bond acceptors (Lipinski definition) is 7. The van der Waals surface area contributed by atoms with Crippen molar-refractivity contribution in [3.8, 4) is 11.4 Å². The van der Waals surface area contributed by atoms with Gasteiger partial charge in [-0.25, -0.2) is 0 Å². The Morgan fingerprint density at radius 1 is 1.25 bits per heavy atom. The molecule has 0 bridgehead atoms. The van der Waals surface area contributed by atoms with Crippen molar-refractivity contribution in [1.82, 2.24) is 30.0 Å². The molecule has 0 unspecified atom stereocenters. The first kappa shape index (κ1) is 20.1. The molecule has 0 radical (unpaired) electrons. The molecule has 28 heavy (non-hydrogen) atoms. The lowest BCUT2D eigenvalue weighted by molar-refractivity contribution is -0.118. The summed E-state index contributed by atoms with van der Waals surface area (Å²) in [5, 5.41) is 12.2. The van der Waals surface area contributed by atoms with Crippen molar-refractivity contribution in [2.45, 2.75) is 24.7 Å². The van der Waals surface area contributed by atoms with Crippen molar-refractivity contribution in [3.63, 3.8) is 0 Å². The molecule has 0 atom stereocenters. The summed E-state index contributed by atoms with van der Waals surface area (Å²) in [4.78, 5) is 18.4. The molecule has 0 spiro atoms. The monoisotopic (exact) mass is 400 g/mol. The molecule has 0 saturated carbocycles. The van der Waals surface area contributed by atoms with Gasteiger partial charge in [-0.05, 0) is 51.3 Å². The van der Waals surface area contributed by atoms with Gasteiger partial charge in [0.2, 0.25) is 5.91 Å². The van der Waals surface area contributed by atoms with Crippen LogP contribution in [0.25, 0.3) is 11.4 Å². The minimum Gasteiger partial charge on any atom is -0.467 e. The maximum absolute atomic E-state index is 12.2. The molecule has 3 heterocycles. The summed E-state index contributed by atoms with van der Waals surface area (Å²) >= 11 is 1.38. The molecule has 8 nitrogen and oxygen atoms in total. The molecule has 0 aliphatic heterocycles. The summed E-state index contributed by atoms with van der Waals surface area (Å²) in [7, 11) is 4.10. The van der Waals surface area contributed by atoms with E-state index >= 15 is 0 Å². The van der Waals surface area contributed by atoms with E-state index < -0.39 is 0 Å². The summed E-state index contributed by atoms with van der Waals surface area (Å²) in [6.07, 6.45) is 6.03. The number of nitrogens with zero attached hydrogens (tertiary/aromatic N) is 5. The average Bonchev–Trinajstić information content (AvgIpc) is 3.35. The first-order chi connectivity index (χ1) is 13.6. The Morgan fingerprint density at radius 3 is 2.79 bits per heavy atom. The summed E-state index contributed by atoms with van der Waals surface area (Å²) in [5.74, 6) is 1.71. The van der Waals surface area contributed by atoms with Gasteiger partial charge in [-0.2, -0.15) is 0 Å². The maximum atomic E-state index is 12.2. The normalized spacial score (nSPS) is 11.1. The third kappa shape index (κ3) is 5.67. The lowest BCUT2D eigenvalue weighted by Crippen LogP contribution is -2.24. The van der Waals surface area contributed by atoms with Crippen LogP contribution in [-0.2, 0) is 17.9 Å².